The topological polar surface area (TPSA) is 46.9 Å². The molecule has 1 heterocycles. The number of aryl methyl sites for hydroxylation is 3. The Labute approximate surface area is 130 Å². The Kier molecular flexibility index (Phi) is 5.62. The van der Waals surface area contributed by atoms with Crippen molar-refractivity contribution in [2.24, 2.45) is 0 Å². The highest BCUT2D eigenvalue weighted by Crippen LogP contribution is 2.21. The van der Waals surface area contributed by atoms with Gasteiger partial charge in [0.1, 0.15) is 5.82 Å². The molecule has 0 atom stereocenters. The van der Waals surface area contributed by atoms with Crippen LogP contribution in [0.4, 0.5) is 0 Å². The molecule has 0 bridgehead atoms. The van der Waals surface area contributed by atoms with Crippen molar-refractivity contribution in [2.75, 3.05) is 12.4 Å². The Morgan fingerprint density at radius 3 is 2.95 bits per heavy atom. The van der Waals surface area contributed by atoms with Crippen molar-refractivity contribution >= 4 is 28.5 Å². The minimum Gasteiger partial charge on any atom is -0.356 e. The lowest BCUT2D eigenvalue weighted by Crippen LogP contribution is -2.25. The number of para-hydroxylation sites is 1. The van der Waals surface area contributed by atoms with E-state index < -0.39 is 0 Å². The van der Waals surface area contributed by atoms with Crippen LogP contribution in [0.2, 0.25) is 0 Å². The van der Waals surface area contributed by atoms with Crippen molar-refractivity contribution in [3.63, 3.8) is 0 Å². The number of carbonyl (C=O) groups excluding carboxylic acids is 1. The second-order valence-electron chi connectivity index (χ2n) is 5.16. The van der Waals surface area contributed by atoms with Gasteiger partial charge in [0.15, 0.2) is 0 Å². The van der Waals surface area contributed by atoms with E-state index in [2.05, 4.69) is 27.9 Å². The minimum atomic E-state index is 0.0871. The van der Waals surface area contributed by atoms with Gasteiger partial charge in [0, 0.05) is 31.8 Å². The first-order valence-corrected chi connectivity index (χ1v) is 7.98. The van der Waals surface area contributed by atoms with E-state index in [0.29, 0.717) is 25.3 Å². The molecular formula is C16H22ClN3O. The fraction of sp³-hybridized carbons (Fsp3) is 0.500. The second kappa shape index (κ2) is 7.46. The Bertz CT molecular complexity index is 621. The van der Waals surface area contributed by atoms with E-state index in [4.69, 9.17) is 11.6 Å². The lowest BCUT2D eigenvalue weighted by Gasteiger charge is -2.10. The third kappa shape index (κ3) is 3.76. The Morgan fingerprint density at radius 2 is 2.24 bits per heavy atom. The molecule has 0 aliphatic rings. The highest BCUT2D eigenvalue weighted by atomic mass is 35.5. The first kappa shape index (κ1) is 15.8. The Morgan fingerprint density at radius 1 is 1.43 bits per heavy atom. The lowest BCUT2D eigenvalue weighted by molar-refractivity contribution is -0.121. The fourth-order valence-corrected chi connectivity index (χ4v) is 2.66. The SMILES string of the molecule is CCCNC(=O)CCn1c(CCCl)nc2cccc(C)c21. The number of alkyl halides is 1. The molecule has 4 nitrogen and oxygen atoms in total. The number of benzene rings is 1. The van der Waals surface area contributed by atoms with Crippen LogP contribution >= 0.6 is 11.6 Å². The molecule has 2 rings (SSSR count). The van der Waals surface area contributed by atoms with Crippen molar-refractivity contribution in [3.05, 3.63) is 29.6 Å². The predicted molar refractivity (Wildman–Crippen MR) is 86.8 cm³/mol. The maximum absolute atomic E-state index is 11.8. The molecule has 0 saturated heterocycles. The average molecular weight is 308 g/mol. The van der Waals surface area contributed by atoms with Crippen LogP contribution < -0.4 is 5.32 Å². The van der Waals surface area contributed by atoms with E-state index in [1.54, 1.807) is 0 Å². The molecular weight excluding hydrogens is 286 g/mol. The molecule has 0 radical (unpaired) electrons. The number of rotatable bonds is 7. The number of imidazole rings is 1. The number of aromatic nitrogens is 2. The van der Waals surface area contributed by atoms with Crippen LogP contribution in [0.1, 0.15) is 31.2 Å². The maximum Gasteiger partial charge on any atom is 0.221 e. The molecule has 114 valence electrons. The number of fused-ring (bicyclic) bond motifs is 1. The van der Waals surface area contributed by atoms with Gasteiger partial charge >= 0.3 is 0 Å². The fourth-order valence-electron chi connectivity index (χ4n) is 2.50. The Balaban J connectivity index is 2.23. The van der Waals surface area contributed by atoms with Crippen LogP contribution in [0, 0.1) is 6.92 Å². The minimum absolute atomic E-state index is 0.0871. The van der Waals surface area contributed by atoms with Gasteiger partial charge in [-0.1, -0.05) is 19.1 Å². The zero-order valence-corrected chi connectivity index (χ0v) is 13.4. The number of nitrogens with one attached hydrogen (secondary N) is 1. The Hall–Kier alpha value is -1.55. The standard InChI is InChI=1S/C16H22ClN3O/c1-3-10-18-15(21)8-11-20-14(7-9-17)19-13-6-4-5-12(2)16(13)20/h4-6H,3,7-11H2,1-2H3,(H,18,21). The molecule has 1 amide bonds. The van der Waals surface area contributed by atoms with Gasteiger partial charge in [-0.2, -0.15) is 0 Å². The van der Waals surface area contributed by atoms with Gasteiger partial charge in [0.05, 0.1) is 11.0 Å². The van der Waals surface area contributed by atoms with E-state index in [0.717, 1.165) is 29.8 Å². The van der Waals surface area contributed by atoms with Crippen LogP contribution in [-0.4, -0.2) is 27.9 Å². The first-order valence-electron chi connectivity index (χ1n) is 7.44. The summed E-state index contributed by atoms with van der Waals surface area (Å²) < 4.78 is 2.14. The van der Waals surface area contributed by atoms with E-state index in [1.165, 1.54) is 5.56 Å². The van der Waals surface area contributed by atoms with Gasteiger partial charge in [0.2, 0.25) is 5.91 Å². The second-order valence-corrected chi connectivity index (χ2v) is 5.54. The van der Waals surface area contributed by atoms with Crippen LogP contribution in [0.15, 0.2) is 18.2 Å². The molecule has 0 spiro atoms. The average Bonchev–Trinajstić information content (AvgIpc) is 2.82. The lowest BCUT2D eigenvalue weighted by atomic mass is 10.2. The van der Waals surface area contributed by atoms with Gasteiger partial charge in [-0.25, -0.2) is 4.98 Å². The number of halogens is 1. The van der Waals surface area contributed by atoms with Crippen LogP contribution in [0.25, 0.3) is 11.0 Å². The van der Waals surface area contributed by atoms with Gasteiger partial charge in [-0.3, -0.25) is 4.79 Å². The summed E-state index contributed by atoms with van der Waals surface area (Å²) in [5.41, 5.74) is 3.26. The summed E-state index contributed by atoms with van der Waals surface area (Å²) in [6.07, 6.45) is 2.14. The third-order valence-corrected chi connectivity index (χ3v) is 3.69. The third-order valence-electron chi connectivity index (χ3n) is 3.50. The molecule has 0 aliphatic carbocycles. The largest absolute Gasteiger partial charge is 0.356 e. The van der Waals surface area contributed by atoms with Gasteiger partial charge in [-0.05, 0) is 25.0 Å². The van der Waals surface area contributed by atoms with E-state index in [9.17, 15) is 4.79 Å². The summed E-state index contributed by atoms with van der Waals surface area (Å²) in [5, 5.41) is 2.91. The molecule has 0 fully saturated rings. The smallest absolute Gasteiger partial charge is 0.221 e. The summed E-state index contributed by atoms with van der Waals surface area (Å²) in [5.74, 6) is 1.58. The summed E-state index contributed by atoms with van der Waals surface area (Å²) in [4.78, 5) is 16.5. The molecule has 1 N–H and O–H groups in total. The zero-order chi connectivity index (χ0) is 15.2. The van der Waals surface area contributed by atoms with Crippen molar-refractivity contribution in [1.82, 2.24) is 14.9 Å². The van der Waals surface area contributed by atoms with Crippen LogP contribution in [0.3, 0.4) is 0 Å². The normalized spacial score (nSPS) is 11.0. The summed E-state index contributed by atoms with van der Waals surface area (Å²) >= 11 is 5.87. The van der Waals surface area contributed by atoms with E-state index >= 15 is 0 Å². The number of amides is 1. The number of hydrogen-bond donors (Lipinski definition) is 1. The number of hydrogen-bond acceptors (Lipinski definition) is 2. The molecule has 1 aromatic carbocycles. The van der Waals surface area contributed by atoms with Crippen LogP contribution in [-0.2, 0) is 17.8 Å². The van der Waals surface area contributed by atoms with E-state index in [1.807, 2.05) is 19.1 Å². The predicted octanol–water partition coefficient (Wildman–Crippen LogP) is 3.04. The van der Waals surface area contributed by atoms with Gasteiger partial charge < -0.3 is 9.88 Å². The molecule has 0 aliphatic heterocycles. The summed E-state index contributed by atoms with van der Waals surface area (Å²) in [6.45, 7) is 5.49. The monoisotopic (exact) mass is 307 g/mol. The molecule has 21 heavy (non-hydrogen) atoms. The zero-order valence-electron chi connectivity index (χ0n) is 12.7. The van der Waals surface area contributed by atoms with Crippen molar-refractivity contribution in [1.29, 1.82) is 0 Å². The van der Waals surface area contributed by atoms with Gasteiger partial charge in [-0.15, -0.1) is 11.6 Å². The van der Waals surface area contributed by atoms with Crippen molar-refractivity contribution in [3.8, 4) is 0 Å². The first-order chi connectivity index (χ1) is 10.2. The summed E-state index contributed by atoms with van der Waals surface area (Å²) in [6, 6.07) is 6.09. The molecule has 0 saturated carbocycles. The van der Waals surface area contributed by atoms with Gasteiger partial charge in [0.25, 0.3) is 0 Å². The van der Waals surface area contributed by atoms with E-state index in [-0.39, 0.29) is 5.91 Å². The summed E-state index contributed by atoms with van der Waals surface area (Å²) in [7, 11) is 0. The van der Waals surface area contributed by atoms with Crippen molar-refractivity contribution < 1.29 is 4.79 Å². The molecule has 1 aromatic heterocycles. The van der Waals surface area contributed by atoms with Crippen LogP contribution in [0.5, 0.6) is 0 Å². The maximum atomic E-state index is 11.8. The number of nitrogens with zero attached hydrogens (tertiary/aromatic N) is 2. The molecule has 2 aromatic rings. The molecule has 0 unspecified atom stereocenters. The molecule has 5 heteroatoms. The highest BCUT2D eigenvalue weighted by molar-refractivity contribution is 6.17. The number of carbonyl (C=O) groups is 1. The quantitative estimate of drug-likeness (QED) is 0.799. The highest BCUT2D eigenvalue weighted by Gasteiger charge is 2.13. The van der Waals surface area contributed by atoms with Crippen molar-refractivity contribution in [2.45, 2.75) is 39.7 Å².